The van der Waals surface area contributed by atoms with Gasteiger partial charge in [0.25, 0.3) is 0 Å². The minimum Gasteiger partial charge on any atom is -0.423 e. The summed E-state index contributed by atoms with van der Waals surface area (Å²) < 4.78 is 7.45. The SMILES string of the molecule is CC(C)n1cc(OC(=O)C23C4C(=O)C5C6CC(C52)C3C64)cn1. The lowest BCUT2D eigenvalue weighted by Gasteiger charge is -2.69. The third-order valence-electron chi connectivity index (χ3n) is 7.53. The fraction of sp³-hybridized carbons (Fsp3) is 0.706. The topological polar surface area (TPSA) is 61.2 Å². The number of hydrogen-bond donors (Lipinski definition) is 0. The molecule has 1 aromatic heterocycles. The molecule has 0 N–H and O–H groups in total. The Morgan fingerprint density at radius 3 is 2.91 bits per heavy atom. The second-order valence-corrected chi connectivity index (χ2v) is 8.17. The third kappa shape index (κ3) is 0.877. The van der Waals surface area contributed by atoms with Gasteiger partial charge in [-0.2, -0.15) is 5.10 Å². The van der Waals surface area contributed by atoms with Crippen LogP contribution in [0.4, 0.5) is 0 Å². The molecule has 5 nitrogen and oxygen atoms in total. The average Bonchev–Trinajstić information content (AvgIpc) is 3.13. The number of Topliss-reactive ketones (excluding diaryl/α,β-unsaturated/α-hetero) is 1. The van der Waals surface area contributed by atoms with Gasteiger partial charge in [0.1, 0.15) is 5.78 Å². The minimum atomic E-state index is -0.440. The fourth-order valence-corrected chi connectivity index (χ4v) is 7.23. The van der Waals surface area contributed by atoms with Crippen LogP contribution in [0.25, 0.3) is 0 Å². The van der Waals surface area contributed by atoms with E-state index in [1.807, 2.05) is 13.8 Å². The quantitative estimate of drug-likeness (QED) is 0.797. The molecule has 0 saturated heterocycles. The lowest BCUT2D eigenvalue weighted by atomic mass is 9.32. The van der Waals surface area contributed by atoms with E-state index in [0.29, 0.717) is 41.1 Å². The van der Waals surface area contributed by atoms with Gasteiger partial charge in [0.2, 0.25) is 0 Å². The van der Waals surface area contributed by atoms with Crippen molar-refractivity contribution in [2.75, 3.05) is 0 Å². The van der Waals surface area contributed by atoms with Gasteiger partial charge in [0.05, 0.1) is 17.8 Å². The van der Waals surface area contributed by atoms with Crippen molar-refractivity contribution in [3.05, 3.63) is 12.4 Å². The number of ketones is 1. The number of carbonyl (C=O) groups excluding carboxylic acids is 2. The number of esters is 1. The summed E-state index contributed by atoms with van der Waals surface area (Å²) in [5.41, 5.74) is -0.440. The summed E-state index contributed by atoms with van der Waals surface area (Å²) in [7, 11) is 0. The Kier molecular flexibility index (Phi) is 1.71. The van der Waals surface area contributed by atoms with Gasteiger partial charge in [-0.05, 0) is 49.9 Å². The normalized spacial score (nSPS) is 51.4. The molecule has 6 saturated carbocycles. The zero-order chi connectivity index (χ0) is 15.0. The Morgan fingerprint density at radius 1 is 1.41 bits per heavy atom. The predicted molar refractivity (Wildman–Crippen MR) is 74.7 cm³/mol. The van der Waals surface area contributed by atoms with Crippen molar-refractivity contribution in [1.29, 1.82) is 0 Å². The van der Waals surface area contributed by atoms with Crippen molar-refractivity contribution >= 4 is 11.8 Å². The van der Waals surface area contributed by atoms with Gasteiger partial charge in [0.15, 0.2) is 5.75 Å². The summed E-state index contributed by atoms with van der Waals surface area (Å²) in [6.45, 7) is 4.07. The molecule has 4 bridgehead atoms. The molecule has 5 heteroatoms. The van der Waals surface area contributed by atoms with Crippen molar-refractivity contribution in [3.8, 4) is 5.75 Å². The maximum absolute atomic E-state index is 12.9. The molecule has 0 radical (unpaired) electrons. The highest BCUT2D eigenvalue weighted by atomic mass is 16.5. The Labute approximate surface area is 128 Å². The molecular formula is C17H18N2O3. The first-order valence-corrected chi connectivity index (χ1v) is 8.37. The molecule has 6 aliphatic carbocycles. The summed E-state index contributed by atoms with van der Waals surface area (Å²) in [5, 5.41) is 4.22. The largest absolute Gasteiger partial charge is 0.423 e. The van der Waals surface area contributed by atoms with E-state index in [-0.39, 0.29) is 23.8 Å². The minimum absolute atomic E-state index is 0.0103. The molecule has 114 valence electrons. The Bertz CT molecular complexity index is 753. The van der Waals surface area contributed by atoms with Crippen LogP contribution in [0, 0.1) is 46.8 Å². The van der Waals surface area contributed by atoms with Crippen LogP contribution in [0.5, 0.6) is 5.75 Å². The standard InChI is InChI=1S/C17H18N2O3/c1-6(2)19-5-7(4-18-19)22-16(21)17-12-9-3-8-10(12)14(17)15(20)11(8)13(9)17/h4-6,8-14H,3H2,1-2H3. The maximum atomic E-state index is 12.9. The number of aromatic nitrogens is 2. The first kappa shape index (κ1) is 11.9. The molecule has 22 heavy (non-hydrogen) atoms. The molecule has 0 amide bonds. The number of nitrogens with zero attached hydrogens (tertiary/aromatic N) is 2. The van der Waals surface area contributed by atoms with Gasteiger partial charge in [0, 0.05) is 17.9 Å². The van der Waals surface area contributed by atoms with Crippen LogP contribution >= 0.6 is 0 Å². The van der Waals surface area contributed by atoms with Gasteiger partial charge in [-0.1, -0.05) is 0 Å². The average molecular weight is 298 g/mol. The van der Waals surface area contributed by atoms with Crippen molar-refractivity contribution in [2.45, 2.75) is 26.3 Å². The van der Waals surface area contributed by atoms with E-state index < -0.39 is 5.41 Å². The fourth-order valence-electron chi connectivity index (χ4n) is 7.23. The van der Waals surface area contributed by atoms with Crippen LogP contribution in [0.2, 0.25) is 0 Å². The first-order valence-electron chi connectivity index (χ1n) is 8.37. The summed E-state index contributed by atoms with van der Waals surface area (Å²) >= 11 is 0. The molecule has 6 fully saturated rings. The van der Waals surface area contributed by atoms with Crippen LogP contribution in [0.15, 0.2) is 12.4 Å². The van der Waals surface area contributed by atoms with E-state index in [0.717, 1.165) is 0 Å². The highest BCUT2D eigenvalue weighted by molar-refractivity contribution is 6.03. The zero-order valence-corrected chi connectivity index (χ0v) is 12.6. The van der Waals surface area contributed by atoms with Gasteiger partial charge in [-0.3, -0.25) is 14.3 Å². The molecule has 7 rings (SSSR count). The highest BCUT2D eigenvalue weighted by Crippen LogP contribution is 2.92. The predicted octanol–water partition coefficient (Wildman–Crippen LogP) is 1.70. The highest BCUT2D eigenvalue weighted by Gasteiger charge is 2.96. The Balaban J connectivity index is 1.33. The summed E-state index contributed by atoms with van der Waals surface area (Å²) in [4.78, 5) is 25.4. The van der Waals surface area contributed by atoms with Gasteiger partial charge in [-0.25, -0.2) is 0 Å². The number of carbonyl (C=O) groups is 2. The van der Waals surface area contributed by atoms with E-state index in [1.54, 1.807) is 17.1 Å². The van der Waals surface area contributed by atoms with Crippen molar-refractivity contribution < 1.29 is 14.3 Å². The second kappa shape index (κ2) is 3.17. The molecule has 6 aliphatic rings. The van der Waals surface area contributed by atoms with E-state index in [9.17, 15) is 9.59 Å². The summed E-state index contributed by atoms with van der Waals surface area (Å²) in [6, 6.07) is 0.239. The lowest BCUT2D eigenvalue weighted by molar-refractivity contribution is -0.258. The Morgan fingerprint density at radius 2 is 2.23 bits per heavy atom. The van der Waals surface area contributed by atoms with Gasteiger partial charge < -0.3 is 4.74 Å². The molecular weight excluding hydrogens is 280 g/mol. The number of ether oxygens (including phenoxy) is 1. The van der Waals surface area contributed by atoms with Crippen LogP contribution in [0.1, 0.15) is 26.3 Å². The molecule has 1 heterocycles. The number of rotatable bonds is 3. The van der Waals surface area contributed by atoms with E-state index in [4.69, 9.17) is 4.74 Å². The molecule has 0 aromatic carbocycles. The van der Waals surface area contributed by atoms with E-state index in [1.165, 1.54) is 6.42 Å². The van der Waals surface area contributed by atoms with Gasteiger partial charge in [-0.15, -0.1) is 0 Å². The summed E-state index contributed by atoms with van der Waals surface area (Å²) in [6.07, 6.45) is 4.56. The van der Waals surface area contributed by atoms with Crippen LogP contribution in [-0.2, 0) is 9.59 Å². The van der Waals surface area contributed by atoms with E-state index >= 15 is 0 Å². The van der Waals surface area contributed by atoms with Crippen molar-refractivity contribution in [1.82, 2.24) is 9.78 Å². The third-order valence-corrected chi connectivity index (χ3v) is 7.53. The van der Waals surface area contributed by atoms with Crippen LogP contribution in [0.3, 0.4) is 0 Å². The number of hydrogen-bond acceptors (Lipinski definition) is 4. The van der Waals surface area contributed by atoms with Crippen molar-refractivity contribution in [3.63, 3.8) is 0 Å². The van der Waals surface area contributed by atoms with Crippen LogP contribution < -0.4 is 4.74 Å². The van der Waals surface area contributed by atoms with Crippen molar-refractivity contribution in [2.24, 2.45) is 46.8 Å². The zero-order valence-electron chi connectivity index (χ0n) is 12.6. The Hall–Kier alpha value is -1.65. The van der Waals surface area contributed by atoms with Crippen LogP contribution in [-0.4, -0.2) is 21.5 Å². The molecule has 8 unspecified atom stereocenters. The molecule has 0 aliphatic heterocycles. The maximum Gasteiger partial charge on any atom is 0.318 e. The lowest BCUT2D eigenvalue weighted by Crippen LogP contribution is -2.74. The monoisotopic (exact) mass is 298 g/mol. The smallest absolute Gasteiger partial charge is 0.318 e. The van der Waals surface area contributed by atoms with E-state index in [2.05, 4.69) is 5.10 Å². The molecule has 1 aromatic rings. The summed E-state index contributed by atoms with van der Waals surface area (Å²) in [5.74, 6) is 3.42. The second-order valence-electron chi connectivity index (χ2n) is 8.17. The first-order chi connectivity index (χ1) is 10.6. The molecule has 8 atom stereocenters. The molecule has 0 spiro atoms. The van der Waals surface area contributed by atoms with Gasteiger partial charge >= 0.3 is 5.97 Å².